The Morgan fingerprint density at radius 1 is 1.65 bits per heavy atom. The largest absolute Gasteiger partial charge is 0.392 e. The van der Waals surface area contributed by atoms with Crippen LogP contribution >= 0.6 is 0 Å². The molecule has 0 amide bonds. The molecule has 6 heteroatoms. The molecule has 1 saturated carbocycles. The fourth-order valence-electron chi connectivity index (χ4n) is 1.94. The zero-order valence-corrected chi connectivity index (χ0v) is 9.75. The van der Waals surface area contributed by atoms with Gasteiger partial charge >= 0.3 is 0 Å². The SMILES string of the molecule is CC1(C)C(O)CC1Nc1cc([N+](=O)[O-])ccn1. The van der Waals surface area contributed by atoms with Gasteiger partial charge in [0.2, 0.25) is 0 Å². The normalized spacial score (nSPS) is 26.1. The van der Waals surface area contributed by atoms with Crippen LogP contribution in [-0.2, 0) is 0 Å². The van der Waals surface area contributed by atoms with Gasteiger partial charge in [-0.05, 0) is 6.42 Å². The summed E-state index contributed by atoms with van der Waals surface area (Å²) in [6.45, 7) is 3.91. The van der Waals surface area contributed by atoms with Crippen molar-refractivity contribution >= 4 is 11.5 Å². The fourth-order valence-corrected chi connectivity index (χ4v) is 1.94. The summed E-state index contributed by atoms with van der Waals surface area (Å²) >= 11 is 0. The average molecular weight is 237 g/mol. The lowest BCUT2D eigenvalue weighted by Gasteiger charge is -2.49. The molecule has 1 heterocycles. The van der Waals surface area contributed by atoms with E-state index >= 15 is 0 Å². The molecular weight excluding hydrogens is 222 g/mol. The maximum absolute atomic E-state index is 10.6. The molecule has 2 unspecified atom stereocenters. The molecule has 2 atom stereocenters. The number of aromatic nitrogens is 1. The first-order valence-corrected chi connectivity index (χ1v) is 5.46. The number of nitrogens with zero attached hydrogens (tertiary/aromatic N) is 2. The van der Waals surface area contributed by atoms with E-state index in [1.54, 1.807) is 0 Å². The minimum Gasteiger partial charge on any atom is -0.392 e. The van der Waals surface area contributed by atoms with Gasteiger partial charge in [-0.2, -0.15) is 0 Å². The van der Waals surface area contributed by atoms with Gasteiger partial charge < -0.3 is 10.4 Å². The van der Waals surface area contributed by atoms with Crippen molar-refractivity contribution in [1.29, 1.82) is 0 Å². The summed E-state index contributed by atoms with van der Waals surface area (Å²) in [5.41, 5.74) is -0.216. The molecule has 1 aromatic rings. The Bertz CT molecular complexity index is 447. The number of pyridine rings is 1. The van der Waals surface area contributed by atoms with Crippen molar-refractivity contribution in [3.63, 3.8) is 0 Å². The number of anilines is 1. The molecule has 6 nitrogen and oxygen atoms in total. The quantitative estimate of drug-likeness (QED) is 0.615. The minimum absolute atomic E-state index is 0.0141. The van der Waals surface area contributed by atoms with Crippen LogP contribution < -0.4 is 5.32 Å². The van der Waals surface area contributed by atoms with Gasteiger partial charge in [0.1, 0.15) is 5.82 Å². The molecule has 1 aromatic heterocycles. The smallest absolute Gasteiger partial charge is 0.274 e. The molecule has 1 fully saturated rings. The average Bonchev–Trinajstić information content (AvgIpc) is 2.29. The zero-order valence-electron chi connectivity index (χ0n) is 9.75. The van der Waals surface area contributed by atoms with Gasteiger partial charge in [0.15, 0.2) is 0 Å². The monoisotopic (exact) mass is 237 g/mol. The van der Waals surface area contributed by atoms with E-state index < -0.39 is 4.92 Å². The molecule has 2 rings (SSSR count). The van der Waals surface area contributed by atoms with Crippen molar-refractivity contribution in [2.24, 2.45) is 5.41 Å². The summed E-state index contributed by atoms with van der Waals surface area (Å²) in [4.78, 5) is 14.2. The van der Waals surface area contributed by atoms with E-state index in [1.807, 2.05) is 13.8 Å². The van der Waals surface area contributed by atoms with Crippen LogP contribution in [-0.4, -0.2) is 27.2 Å². The summed E-state index contributed by atoms with van der Waals surface area (Å²) in [6, 6.07) is 2.85. The van der Waals surface area contributed by atoms with Crippen LogP contribution in [0.15, 0.2) is 18.3 Å². The number of aliphatic hydroxyl groups excluding tert-OH is 1. The predicted octanol–water partition coefficient (Wildman–Crippen LogP) is 1.56. The molecular formula is C11H15N3O3. The Kier molecular flexibility index (Phi) is 2.74. The number of rotatable bonds is 3. The first kappa shape index (κ1) is 11.8. The first-order valence-electron chi connectivity index (χ1n) is 5.46. The lowest BCUT2D eigenvalue weighted by molar-refractivity contribution is -0.384. The predicted molar refractivity (Wildman–Crippen MR) is 62.7 cm³/mol. The summed E-state index contributed by atoms with van der Waals surface area (Å²) < 4.78 is 0. The first-order chi connectivity index (χ1) is 7.91. The Balaban J connectivity index is 2.10. The Hall–Kier alpha value is -1.69. The summed E-state index contributed by atoms with van der Waals surface area (Å²) in [5, 5.41) is 23.3. The third-order valence-corrected chi connectivity index (χ3v) is 3.49. The molecule has 0 saturated heterocycles. The third-order valence-electron chi connectivity index (χ3n) is 3.49. The van der Waals surface area contributed by atoms with E-state index in [0.717, 1.165) is 0 Å². The van der Waals surface area contributed by atoms with Crippen LogP contribution in [0, 0.1) is 15.5 Å². The van der Waals surface area contributed by atoms with Gasteiger partial charge in [0.25, 0.3) is 5.69 Å². The van der Waals surface area contributed by atoms with Crippen LogP contribution in [0.2, 0.25) is 0 Å². The molecule has 92 valence electrons. The van der Waals surface area contributed by atoms with Crippen LogP contribution in [0.5, 0.6) is 0 Å². The number of aliphatic hydroxyl groups is 1. The Morgan fingerprint density at radius 2 is 2.35 bits per heavy atom. The van der Waals surface area contributed by atoms with Crippen LogP contribution in [0.4, 0.5) is 11.5 Å². The molecule has 17 heavy (non-hydrogen) atoms. The van der Waals surface area contributed by atoms with E-state index in [1.165, 1.54) is 18.3 Å². The molecule has 0 spiro atoms. The standard InChI is InChI=1S/C11H15N3O3/c1-11(2)8(6-9(11)15)13-10-5-7(14(16)17)3-4-12-10/h3-5,8-9,15H,6H2,1-2H3,(H,12,13). The van der Waals surface area contributed by atoms with E-state index in [4.69, 9.17) is 0 Å². The molecule has 0 radical (unpaired) electrons. The van der Waals surface area contributed by atoms with Gasteiger partial charge in [0.05, 0.1) is 17.1 Å². The number of nitro groups is 1. The van der Waals surface area contributed by atoms with Crippen molar-refractivity contribution in [3.8, 4) is 0 Å². The highest BCUT2D eigenvalue weighted by Gasteiger charge is 2.47. The van der Waals surface area contributed by atoms with Crippen LogP contribution in [0.25, 0.3) is 0 Å². The zero-order chi connectivity index (χ0) is 12.6. The van der Waals surface area contributed by atoms with Gasteiger partial charge in [-0.25, -0.2) is 4.98 Å². The summed E-state index contributed by atoms with van der Waals surface area (Å²) in [5.74, 6) is 0.476. The number of hydrogen-bond donors (Lipinski definition) is 2. The fraction of sp³-hybridized carbons (Fsp3) is 0.545. The topological polar surface area (TPSA) is 88.3 Å². The van der Waals surface area contributed by atoms with Crippen molar-refractivity contribution in [1.82, 2.24) is 4.98 Å². The van der Waals surface area contributed by atoms with Crippen molar-refractivity contribution in [2.45, 2.75) is 32.4 Å². The Morgan fingerprint density at radius 3 is 2.88 bits per heavy atom. The number of nitrogens with one attached hydrogen (secondary N) is 1. The maximum atomic E-state index is 10.6. The van der Waals surface area contributed by atoms with Crippen molar-refractivity contribution < 1.29 is 10.0 Å². The maximum Gasteiger partial charge on any atom is 0.274 e. The van der Waals surface area contributed by atoms with E-state index in [0.29, 0.717) is 12.2 Å². The molecule has 1 aliphatic carbocycles. The summed E-state index contributed by atoms with van der Waals surface area (Å²) in [6.07, 6.45) is 1.71. The minimum atomic E-state index is -0.451. The highest BCUT2D eigenvalue weighted by Crippen LogP contribution is 2.42. The second-order valence-electron chi connectivity index (χ2n) is 4.93. The highest BCUT2D eigenvalue weighted by atomic mass is 16.6. The lowest BCUT2D eigenvalue weighted by Crippen LogP contribution is -2.57. The second-order valence-corrected chi connectivity index (χ2v) is 4.93. The van der Waals surface area contributed by atoms with Gasteiger partial charge in [-0.3, -0.25) is 10.1 Å². The van der Waals surface area contributed by atoms with Crippen LogP contribution in [0.1, 0.15) is 20.3 Å². The van der Waals surface area contributed by atoms with Gasteiger partial charge in [-0.1, -0.05) is 13.8 Å². The van der Waals surface area contributed by atoms with Crippen molar-refractivity contribution in [2.75, 3.05) is 5.32 Å². The summed E-state index contributed by atoms with van der Waals surface area (Å²) in [7, 11) is 0. The Labute approximate surface area is 98.8 Å². The van der Waals surface area contributed by atoms with E-state index in [2.05, 4.69) is 10.3 Å². The van der Waals surface area contributed by atoms with Crippen molar-refractivity contribution in [3.05, 3.63) is 28.4 Å². The van der Waals surface area contributed by atoms with E-state index in [9.17, 15) is 15.2 Å². The van der Waals surface area contributed by atoms with Gasteiger partial charge in [-0.15, -0.1) is 0 Å². The molecule has 0 bridgehead atoms. The molecule has 0 aliphatic heterocycles. The highest BCUT2D eigenvalue weighted by molar-refractivity contribution is 5.45. The van der Waals surface area contributed by atoms with E-state index in [-0.39, 0.29) is 23.2 Å². The molecule has 2 N–H and O–H groups in total. The second kappa shape index (κ2) is 3.96. The number of hydrogen-bond acceptors (Lipinski definition) is 5. The van der Waals surface area contributed by atoms with Crippen LogP contribution in [0.3, 0.4) is 0 Å². The van der Waals surface area contributed by atoms with Gasteiger partial charge in [0, 0.05) is 23.7 Å². The third kappa shape index (κ3) is 2.08. The lowest BCUT2D eigenvalue weighted by atomic mass is 9.64. The molecule has 0 aromatic carbocycles. The molecule has 1 aliphatic rings.